The molecule has 4 heteroatoms. The van der Waals surface area contributed by atoms with Crippen LogP contribution in [0.15, 0.2) is 18.5 Å². The average molecular weight is 260 g/mol. The summed E-state index contributed by atoms with van der Waals surface area (Å²) in [6.45, 7) is 2.13. The largest absolute Gasteiger partial charge is 0.388 e. The minimum absolute atomic E-state index is 0.313. The summed E-state index contributed by atoms with van der Waals surface area (Å²) in [7, 11) is 0. The normalized spacial score (nSPS) is 18.7. The fraction of sp³-hybridized carbons (Fsp3) is 0.429. The molecular formula is C14H16N2OS. The second-order valence-electron chi connectivity index (χ2n) is 4.62. The molecule has 0 aromatic carbocycles. The van der Waals surface area contributed by atoms with Crippen molar-refractivity contribution in [3.63, 3.8) is 0 Å². The van der Waals surface area contributed by atoms with Crippen molar-refractivity contribution >= 4 is 11.3 Å². The predicted octanol–water partition coefficient (Wildman–Crippen LogP) is 3.14. The zero-order valence-corrected chi connectivity index (χ0v) is 11.2. The Morgan fingerprint density at radius 2 is 2.39 bits per heavy atom. The zero-order valence-electron chi connectivity index (χ0n) is 10.4. The minimum Gasteiger partial charge on any atom is -0.388 e. The van der Waals surface area contributed by atoms with Crippen molar-refractivity contribution in [1.29, 1.82) is 0 Å². The summed E-state index contributed by atoms with van der Waals surface area (Å²) in [5.41, 5.74) is 3.48. The number of thiazole rings is 1. The molecule has 2 aromatic heterocycles. The van der Waals surface area contributed by atoms with Gasteiger partial charge in [-0.15, -0.1) is 11.3 Å². The number of rotatable bonds is 2. The molecule has 1 N–H and O–H groups in total. The first kappa shape index (κ1) is 11.8. The summed E-state index contributed by atoms with van der Waals surface area (Å²) in [5, 5.41) is 11.0. The molecule has 1 aliphatic rings. The van der Waals surface area contributed by atoms with E-state index in [0.29, 0.717) is 0 Å². The van der Waals surface area contributed by atoms with Gasteiger partial charge in [0.05, 0.1) is 16.7 Å². The second-order valence-corrected chi connectivity index (χ2v) is 5.66. The molecule has 94 valence electrons. The Labute approximate surface area is 111 Å². The Bertz CT molecular complexity index is 565. The first-order valence-corrected chi connectivity index (χ1v) is 7.22. The number of hydrogen-bond donors (Lipinski definition) is 1. The van der Waals surface area contributed by atoms with Crippen molar-refractivity contribution in [3.8, 4) is 10.6 Å². The third-order valence-corrected chi connectivity index (χ3v) is 4.67. The molecule has 0 spiro atoms. The third kappa shape index (κ3) is 1.95. The molecule has 1 aliphatic carbocycles. The van der Waals surface area contributed by atoms with Crippen LogP contribution in [-0.4, -0.2) is 15.1 Å². The van der Waals surface area contributed by atoms with Crippen LogP contribution in [-0.2, 0) is 12.8 Å². The molecule has 2 heterocycles. The lowest BCUT2D eigenvalue weighted by Gasteiger charge is -2.14. The lowest BCUT2D eigenvalue weighted by atomic mass is 10.0. The highest BCUT2D eigenvalue weighted by molar-refractivity contribution is 7.15. The van der Waals surface area contributed by atoms with Gasteiger partial charge in [-0.3, -0.25) is 4.98 Å². The highest BCUT2D eigenvalue weighted by Gasteiger charge is 2.23. The smallest absolute Gasteiger partial charge is 0.124 e. The lowest BCUT2D eigenvalue weighted by Crippen LogP contribution is -2.06. The maximum absolute atomic E-state index is 10.0. The van der Waals surface area contributed by atoms with Gasteiger partial charge in [-0.05, 0) is 37.3 Å². The summed E-state index contributed by atoms with van der Waals surface area (Å²) >= 11 is 1.64. The molecule has 3 rings (SSSR count). The molecule has 1 atom stereocenters. The fourth-order valence-electron chi connectivity index (χ4n) is 2.43. The van der Waals surface area contributed by atoms with Crippen molar-refractivity contribution < 1.29 is 5.11 Å². The van der Waals surface area contributed by atoms with Gasteiger partial charge in [0.15, 0.2) is 0 Å². The molecule has 0 saturated carbocycles. The van der Waals surface area contributed by atoms with Crippen molar-refractivity contribution in [2.24, 2.45) is 0 Å². The summed E-state index contributed by atoms with van der Waals surface area (Å²) in [6.07, 6.45) is 7.26. The van der Waals surface area contributed by atoms with Crippen molar-refractivity contribution in [1.82, 2.24) is 9.97 Å². The molecule has 0 fully saturated rings. The predicted molar refractivity (Wildman–Crippen MR) is 72.6 cm³/mol. The fourth-order valence-corrected chi connectivity index (χ4v) is 3.62. The van der Waals surface area contributed by atoms with Crippen LogP contribution in [0.5, 0.6) is 0 Å². The van der Waals surface area contributed by atoms with E-state index in [9.17, 15) is 5.11 Å². The van der Waals surface area contributed by atoms with Gasteiger partial charge < -0.3 is 5.11 Å². The van der Waals surface area contributed by atoms with Crippen molar-refractivity contribution in [3.05, 3.63) is 34.6 Å². The van der Waals surface area contributed by atoms with E-state index in [1.807, 2.05) is 18.5 Å². The number of aromatic nitrogens is 2. The monoisotopic (exact) mass is 260 g/mol. The van der Waals surface area contributed by atoms with Gasteiger partial charge in [-0.1, -0.05) is 6.92 Å². The zero-order chi connectivity index (χ0) is 12.5. The number of aryl methyl sites for hydroxylation is 2. The van der Waals surface area contributed by atoms with E-state index < -0.39 is 0 Å². The van der Waals surface area contributed by atoms with Crippen LogP contribution in [0.1, 0.15) is 42.0 Å². The highest BCUT2D eigenvalue weighted by Crippen LogP contribution is 2.38. The topological polar surface area (TPSA) is 46.0 Å². The Balaban J connectivity index is 2.07. The van der Waals surface area contributed by atoms with E-state index in [4.69, 9.17) is 4.98 Å². The van der Waals surface area contributed by atoms with E-state index in [1.165, 1.54) is 11.1 Å². The minimum atomic E-state index is -0.313. The van der Waals surface area contributed by atoms with E-state index in [-0.39, 0.29) is 6.10 Å². The van der Waals surface area contributed by atoms with Gasteiger partial charge >= 0.3 is 0 Å². The van der Waals surface area contributed by atoms with Gasteiger partial charge in [-0.2, -0.15) is 0 Å². The van der Waals surface area contributed by atoms with E-state index >= 15 is 0 Å². The maximum atomic E-state index is 10.0. The highest BCUT2D eigenvalue weighted by atomic mass is 32.1. The first-order chi connectivity index (χ1) is 8.79. The number of hydrogen-bond acceptors (Lipinski definition) is 4. The molecule has 18 heavy (non-hydrogen) atoms. The Morgan fingerprint density at radius 3 is 3.17 bits per heavy atom. The van der Waals surface area contributed by atoms with Crippen LogP contribution in [0.4, 0.5) is 0 Å². The molecule has 0 saturated heterocycles. The van der Waals surface area contributed by atoms with Crippen LogP contribution in [0.2, 0.25) is 0 Å². The maximum Gasteiger partial charge on any atom is 0.124 e. The SMILES string of the molecule is CCc1cnccc1-c1nc2c(s1)C(O)CCC2. The van der Waals surface area contributed by atoms with Gasteiger partial charge in [0.25, 0.3) is 0 Å². The van der Waals surface area contributed by atoms with Gasteiger partial charge in [0, 0.05) is 18.0 Å². The summed E-state index contributed by atoms with van der Waals surface area (Å²) in [6, 6.07) is 2.02. The second kappa shape index (κ2) is 4.78. The number of aliphatic hydroxyl groups excluding tert-OH is 1. The summed E-state index contributed by atoms with van der Waals surface area (Å²) in [5.74, 6) is 0. The quantitative estimate of drug-likeness (QED) is 0.902. The molecule has 1 unspecified atom stereocenters. The summed E-state index contributed by atoms with van der Waals surface area (Å²) in [4.78, 5) is 9.94. The van der Waals surface area contributed by atoms with Crippen LogP contribution >= 0.6 is 11.3 Å². The Morgan fingerprint density at radius 1 is 1.50 bits per heavy atom. The van der Waals surface area contributed by atoms with Crippen LogP contribution in [0.3, 0.4) is 0 Å². The summed E-state index contributed by atoms with van der Waals surface area (Å²) < 4.78 is 0. The molecule has 2 aromatic rings. The van der Waals surface area contributed by atoms with Crippen LogP contribution in [0, 0.1) is 0 Å². The van der Waals surface area contributed by atoms with Gasteiger partial charge in [0.2, 0.25) is 0 Å². The van der Waals surface area contributed by atoms with Gasteiger partial charge in [0.1, 0.15) is 5.01 Å². The van der Waals surface area contributed by atoms with Crippen molar-refractivity contribution in [2.75, 3.05) is 0 Å². The standard InChI is InChI=1S/C14H16N2OS/c1-2-9-8-15-7-6-10(9)14-16-11-4-3-5-12(17)13(11)18-14/h6-8,12,17H,2-5H2,1H3. The van der Waals surface area contributed by atoms with E-state index in [2.05, 4.69) is 11.9 Å². The molecule has 0 bridgehead atoms. The molecular weight excluding hydrogens is 244 g/mol. The number of pyridine rings is 1. The number of aliphatic hydroxyl groups is 1. The number of nitrogens with zero attached hydrogens (tertiary/aromatic N) is 2. The van der Waals surface area contributed by atoms with Crippen molar-refractivity contribution in [2.45, 2.75) is 38.7 Å². The molecule has 3 nitrogen and oxygen atoms in total. The number of fused-ring (bicyclic) bond motifs is 1. The first-order valence-electron chi connectivity index (χ1n) is 6.40. The Hall–Kier alpha value is -1.26. The third-order valence-electron chi connectivity index (χ3n) is 3.44. The van der Waals surface area contributed by atoms with E-state index in [0.717, 1.165) is 41.3 Å². The van der Waals surface area contributed by atoms with Crippen LogP contribution < -0.4 is 0 Å². The lowest BCUT2D eigenvalue weighted by molar-refractivity contribution is 0.160. The molecule has 0 aliphatic heterocycles. The van der Waals surface area contributed by atoms with E-state index in [1.54, 1.807) is 11.3 Å². The van der Waals surface area contributed by atoms with Crippen LogP contribution in [0.25, 0.3) is 10.6 Å². The van der Waals surface area contributed by atoms with Gasteiger partial charge in [-0.25, -0.2) is 4.98 Å². The average Bonchev–Trinajstić information content (AvgIpc) is 2.84. The molecule has 0 amide bonds. The molecule has 0 radical (unpaired) electrons. The Kier molecular flexibility index (Phi) is 3.14.